The Hall–Kier alpha value is -1.99. The van der Waals surface area contributed by atoms with Crippen LogP contribution in [0.4, 0.5) is 0 Å². The molecule has 0 radical (unpaired) electrons. The van der Waals surface area contributed by atoms with E-state index in [9.17, 15) is 86.8 Å². The van der Waals surface area contributed by atoms with E-state index in [-0.39, 0.29) is 34.0 Å². The van der Waals surface area contributed by atoms with Crippen molar-refractivity contribution in [3.63, 3.8) is 0 Å². The molecule has 7 saturated heterocycles. The summed E-state index contributed by atoms with van der Waals surface area (Å²) in [5.41, 5.74) is -5.73. The molecule has 17 N–H and O–H groups in total. The number of ether oxygens (including phenoxy) is 14. The maximum absolute atomic E-state index is 15.7. The zero-order valence-corrected chi connectivity index (χ0v) is 58.2. The highest BCUT2D eigenvalue weighted by Gasteiger charge is 2.71. The number of rotatable bonds is 17. The van der Waals surface area contributed by atoms with E-state index in [1.807, 2.05) is 0 Å². The summed E-state index contributed by atoms with van der Waals surface area (Å²) in [6.45, 7) is 14.2. The molecule has 37 atom stereocenters. The van der Waals surface area contributed by atoms with Gasteiger partial charge in [-0.25, -0.2) is 0 Å². The van der Waals surface area contributed by atoms with Crippen LogP contribution in [0.2, 0.25) is 0 Å². The van der Waals surface area contributed by atoms with Gasteiger partial charge in [-0.3, -0.25) is 4.79 Å². The summed E-state index contributed by atoms with van der Waals surface area (Å²) in [5.74, 6) is -0.653. The number of fused-ring (bicyclic) bond motifs is 7. The minimum atomic E-state index is -2.12. The summed E-state index contributed by atoms with van der Waals surface area (Å²) >= 11 is 0. The van der Waals surface area contributed by atoms with Crippen molar-refractivity contribution in [3.8, 4) is 0 Å². The molecule has 0 spiro atoms. The number of allylic oxidation sites excluding steroid dienone is 2. The molecule has 574 valence electrons. The molecule has 12 rings (SSSR count). The van der Waals surface area contributed by atoms with E-state index in [4.69, 9.17) is 66.3 Å². The summed E-state index contributed by atoms with van der Waals surface area (Å²) in [6.07, 6.45) is -36.3. The van der Waals surface area contributed by atoms with Gasteiger partial charge in [-0.1, -0.05) is 60.1 Å². The molecule has 7 aliphatic heterocycles. The Morgan fingerprint density at radius 3 is 1.69 bits per heavy atom. The van der Waals surface area contributed by atoms with Crippen LogP contribution < -0.4 is 0 Å². The standard InChI is InChI=1S/C68H110O32/c1-28-38(74)41(77)42(78)54(91-28)98-49-45(81)55(92-29(2)46(49)95-53-43(79)47(33(73)23-87-53)96-58-51(82)67(85,24-70)26-89-58)99-50-39(75)32(72)22-88-57(50)100-60(84)66-18-16-61(3,4)20-31(66)30-10-11-36-63(7)14-13-37(62(5,6)35(63)12-15-65(36,9)64(30,8)17-19-66)94-56-44(80)48(40(76)34(21-69)93-56)97-59-52(83)68(86,25-71)27-90-59/h10,28-29,31-59,69-83,85-86H,11-27H2,1-9H3/t28-,29-,31-,32+,33+,34+,35-,36+,37-,38-,39-,40+,41+,42+,43+,44-,45+,46-,47-,48-,49-,50+,51-,52-,53-,54+,55+,56-,57-,58-,59-,63-,64+,65+,66-,67+,68+/m0/s1. The van der Waals surface area contributed by atoms with E-state index in [0.717, 1.165) is 19.3 Å². The molecule has 0 unspecified atom stereocenters. The summed E-state index contributed by atoms with van der Waals surface area (Å²) in [5, 5.41) is 186. The monoisotopic (exact) mass is 1440 g/mol. The highest BCUT2D eigenvalue weighted by Crippen LogP contribution is 2.76. The average Bonchev–Trinajstić information content (AvgIpc) is 0.770. The Morgan fingerprint density at radius 1 is 0.500 bits per heavy atom. The first-order valence-corrected chi connectivity index (χ1v) is 35.6. The Bertz CT molecular complexity index is 2880. The van der Waals surface area contributed by atoms with Gasteiger partial charge in [-0.05, 0) is 123 Å². The average molecular weight is 1440 g/mol. The van der Waals surface area contributed by atoms with Crippen LogP contribution >= 0.6 is 0 Å². The molecule has 0 aromatic rings. The lowest BCUT2D eigenvalue weighted by Gasteiger charge is -2.71. The van der Waals surface area contributed by atoms with Gasteiger partial charge in [0, 0.05) is 0 Å². The van der Waals surface area contributed by atoms with Crippen LogP contribution in [0.3, 0.4) is 0 Å². The summed E-state index contributed by atoms with van der Waals surface area (Å²) in [7, 11) is 0. The fourth-order valence-corrected chi connectivity index (χ4v) is 19.8. The maximum atomic E-state index is 15.7. The Morgan fingerprint density at radius 2 is 1.05 bits per heavy atom. The van der Waals surface area contributed by atoms with Gasteiger partial charge < -0.3 is 153 Å². The Kier molecular flexibility index (Phi) is 22.2. The van der Waals surface area contributed by atoms with Gasteiger partial charge in [0.1, 0.15) is 115 Å². The molecule has 12 aliphatic rings. The Labute approximate surface area is 580 Å². The summed E-state index contributed by atoms with van der Waals surface area (Å²) in [4.78, 5) is 15.7. The number of esters is 1. The van der Waals surface area contributed by atoms with Crippen LogP contribution in [0.5, 0.6) is 0 Å². The third-order valence-corrected chi connectivity index (χ3v) is 26.4. The van der Waals surface area contributed by atoms with Crippen LogP contribution in [-0.4, -0.2) is 322 Å². The van der Waals surface area contributed by atoms with Crippen LogP contribution in [0, 0.1) is 50.2 Å². The summed E-state index contributed by atoms with van der Waals surface area (Å²) < 4.78 is 84.5. The van der Waals surface area contributed by atoms with Crippen molar-refractivity contribution < 1.29 is 158 Å². The lowest BCUT2D eigenvalue weighted by atomic mass is 9.33. The van der Waals surface area contributed by atoms with Crippen molar-refractivity contribution in [2.75, 3.05) is 46.2 Å². The lowest BCUT2D eigenvalue weighted by molar-refractivity contribution is -0.393. The molecule has 100 heavy (non-hydrogen) atoms. The predicted molar refractivity (Wildman–Crippen MR) is 334 cm³/mol. The largest absolute Gasteiger partial charge is 0.432 e. The molecule has 0 aromatic carbocycles. The van der Waals surface area contributed by atoms with E-state index in [1.165, 1.54) is 19.4 Å². The van der Waals surface area contributed by atoms with Gasteiger partial charge in [-0.2, -0.15) is 0 Å². The van der Waals surface area contributed by atoms with E-state index in [0.29, 0.717) is 44.9 Å². The molecule has 32 heteroatoms. The normalized spacial score (nSPS) is 54.6. The van der Waals surface area contributed by atoms with Gasteiger partial charge in [0.25, 0.3) is 0 Å². The second kappa shape index (κ2) is 28.5. The van der Waals surface area contributed by atoms with Crippen LogP contribution in [-0.2, 0) is 71.1 Å². The van der Waals surface area contributed by atoms with E-state index in [1.54, 1.807) is 0 Å². The van der Waals surface area contributed by atoms with Crippen molar-refractivity contribution in [3.05, 3.63) is 11.6 Å². The number of hydrogen-bond acceptors (Lipinski definition) is 32. The van der Waals surface area contributed by atoms with Gasteiger partial charge in [0.05, 0.1) is 70.0 Å². The minimum Gasteiger partial charge on any atom is -0.432 e. The highest BCUT2D eigenvalue weighted by molar-refractivity contribution is 5.79. The van der Waals surface area contributed by atoms with Crippen LogP contribution in [0.15, 0.2) is 11.6 Å². The molecule has 0 aromatic heterocycles. The zero-order chi connectivity index (χ0) is 72.7. The first-order chi connectivity index (χ1) is 46.9. The third kappa shape index (κ3) is 13.1. The number of carbonyl (C=O) groups is 1. The van der Waals surface area contributed by atoms with Crippen LogP contribution in [0.25, 0.3) is 0 Å². The molecule has 5 aliphatic carbocycles. The van der Waals surface area contributed by atoms with Gasteiger partial charge in [0.2, 0.25) is 6.29 Å². The molecular weight excluding hydrogens is 1330 g/mol. The van der Waals surface area contributed by atoms with Gasteiger partial charge >= 0.3 is 5.97 Å². The molecule has 4 saturated carbocycles. The quantitative estimate of drug-likeness (QED) is 0.0375. The third-order valence-electron chi connectivity index (χ3n) is 26.4. The predicted octanol–water partition coefficient (Wildman–Crippen LogP) is -3.95. The minimum absolute atomic E-state index is 0.0965. The van der Waals surface area contributed by atoms with Crippen LogP contribution in [0.1, 0.15) is 127 Å². The van der Waals surface area contributed by atoms with Crippen molar-refractivity contribution in [2.45, 2.75) is 310 Å². The molecule has 32 nitrogen and oxygen atoms in total. The first-order valence-electron chi connectivity index (χ1n) is 35.6. The second-order valence-corrected chi connectivity index (χ2v) is 33.1. The molecule has 7 heterocycles. The van der Waals surface area contributed by atoms with Crippen molar-refractivity contribution in [2.24, 2.45) is 50.2 Å². The topological polar surface area (TPSA) is 490 Å². The van der Waals surface area contributed by atoms with Crippen molar-refractivity contribution in [1.29, 1.82) is 0 Å². The first kappa shape index (κ1) is 77.6. The fourth-order valence-electron chi connectivity index (χ4n) is 19.8. The maximum Gasteiger partial charge on any atom is 0.315 e. The fraction of sp³-hybridized carbons (Fsp3) is 0.956. The SMILES string of the molecule is C[C@@H]1O[C@H](O[C@H]2[C@@H](O)[C@@H](O[C@H]3[C@H](OC(=O)[C@]45CCC(C)(C)C[C@H]4C4=CC[C@@H]6[C@@]7(C)CC[C@H](O[C@@H]8O[C@H](CO)[C@@H](O)[C@H](O[C@@H]9OC[C@](O)(CO)[C@H]9O)[C@@H]8O)C(C)(C)[C@@H]7CC[C@@]6(C)[C@]4(C)CC5)OC[C@@H](O)[C@@H]3O)O[C@@H](C)[C@@H]2O[C@@H]2OC[C@@H](O)[C@H](O[C@@H]3OC[C@](O)(CO)[C@H]3O)[C@H]2O)[C@H](O)[C@H](O)[C@H]1O. The number of carbonyl (C=O) groups excluding carboxylic acids is 1. The number of aliphatic hydroxyl groups is 17. The van der Waals surface area contributed by atoms with E-state index < -0.39 is 252 Å². The molecular formula is C68H110O32. The Balaban J connectivity index is 0.762. The number of hydrogen-bond donors (Lipinski definition) is 17. The second-order valence-electron chi connectivity index (χ2n) is 33.1. The van der Waals surface area contributed by atoms with Crippen molar-refractivity contribution >= 4 is 5.97 Å². The summed E-state index contributed by atoms with van der Waals surface area (Å²) in [6, 6.07) is 0. The van der Waals surface area contributed by atoms with E-state index >= 15 is 4.79 Å². The zero-order valence-electron chi connectivity index (χ0n) is 58.2. The van der Waals surface area contributed by atoms with Gasteiger partial charge in [-0.15, -0.1) is 0 Å². The molecule has 11 fully saturated rings. The smallest absolute Gasteiger partial charge is 0.315 e. The molecule has 0 amide bonds. The number of aliphatic hydroxyl groups excluding tert-OH is 15. The van der Waals surface area contributed by atoms with Crippen molar-refractivity contribution in [1.82, 2.24) is 0 Å². The highest BCUT2D eigenvalue weighted by atomic mass is 16.8. The van der Waals surface area contributed by atoms with Gasteiger partial charge in [0.15, 0.2) is 43.8 Å². The lowest BCUT2D eigenvalue weighted by Crippen LogP contribution is -2.67. The molecule has 0 bridgehead atoms. The van der Waals surface area contributed by atoms with E-state index in [2.05, 4.69) is 54.5 Å².